The van der Waals surface area contributed by atoms with Crippen molar-refractivity contribution in [1.29, 1.82) is 0 Å². The van der Waals surface area contributed by atoms with Crippen LogP contribution in [0.5, 0.6) is 5.75 Å². The fraction of sp³-hybridized carbons (Fsp3) is 0.167. The van der Waals surface area contributed by atoms with Crippen molar-refractivity contribution in [2.24, 2.45) is 0 Å². The van der Waals surface area contributed by atoms with Gasteiger partial charge in [-0.3, -0.25) is 4.79 Å². The van der Waals surface area contributed by atoms with Crippen LogP contribution in [0.2, 0.25) is 0 Å². The summed E-state index contributed by atoms with van der Waals surface area (Å²) < 4.78 is 46.6. The largest absolute Gasteiger partial charge is 0.573 e. The second-order valence-electron chi connectivity index (χ2n) is 5.47. The van der Waals surface area contributed by atoms with E-state index in [0.717, 1.165) is 11.1 Å². The molecule has 0 saturated carbocycles. The highest BCUT2D eigenvalue weighted by Crippen LogP contribution is 2.24. The fourth-order valence-corrected chi connectivity index (χ4v) is 2.37. The smallest absolute Gasteiger partial charge is 0.468 e. The molecule has 1 heterocycles. The summed E-state index contributed by atoms with van der Waals surface area (Å²) in [5.74, 6) is 0.169. The van der Waals surface area contributed by atoms with E-state index >= 15 is 0 Å². The van der Waals surface area contributed by atoms with Crippen LogP contribution in [-0.4, -0.2) is 34.2 Å². The van der Waals surface area contributed by atoms with Crippen molar-refractivity contribution in [2.45, 2.75) is 12.8 Å². The van der Waals surface area contributed by atoms with E-state index in [-0.39, 0.29) is 5.75 Å². The standard InChI is InChI=1S/C18H14F3N3O3/c19-18(20,21)27-16-7-5-15(6-8-16)24-11-22-17(23-24)14-3-1-13(2-4-14)9-10-26-12-25/h1-8,11-12H,9-10H2. The van der Waals surface area contributed by atoms with Gasteiger partial charge in [-0.15, -0.1) is 18.3 Å². The van der Waals surface area contributed by atoms with Crippen LogP contribution in [0, 0.1) is 0 Å². The van der Waals surface area contributed by atoms with Gasteiger partial charge in [0.2, 0.25) is 0 Å². The number of halogens is 3. The van der Waals surface area contributed by atoms with Gasteiger partial charge in [0.15, 0.2) is 5.82 Å². The summed E-state index contributed by atoms with van der Waals surface area (Å²) in [6, 6.07) is 12.8. The Morgan fingerprint density at radius 1 is 1.04 bits per heavy atom. The van der Waals surface area contributed by atoms with Gasteiger partial charge in [0.1, 0.15) is 12.1 Å². The number of alkyl halides is 3. The Balaban J connectivity index is 1.70. The maximum atomic E-state index is 12.2. The van der Waals surface area contributed by atoms with Gasteiger partial charge in [-0.25, -0.2) is 9.67 Å². The average molecular weight is 377 g/mol. The van der Waals surface area contributed by atoms with Crippen molar-refractivity contribution in [3.63, 3.8) is 0 Å². The minimum atomic E-state index is -4.73. The SMILES string of the molecule is O=COCCc1ccc(-c2ncn(-c3ccc(OC(F)(F)F)cc3)n2)cc1. The molecule has 9 heteroatoms. The van der Waals surface area contributed by atoms with E-state index < -0.39 is 6.36 Å². The molecule has 140 valence electrons. The summed E-state index contributed by atoms with van der Waals surface area (Å²) in [7, 11) is 0. The first kappa shape index (κ1) is 18.4. The molecule has 0 radical (unpaired) electrons. The number of ether oxygens (including phenoxy) is 2. The van der Waals surface area contributed by atoms with E-state index in [1.165, 1.54) is 35.3 Å². The van der Waals surface area contributed by atoms with Crippen molar-refractivity contribution in [3.8, 4) is 22.8 Å². The summed E-state index contributed by atoms with van der Waals surface area (Å²) in [5, 5.41) is 4.33. The van der Waals surface area contributed by atoms with Gasteiger partial charge in [-0.1, -0.05) is 24.3 Å². The van der Waals surface area contributed by atoms with Crippen LogP contribution in [-0.2, 0) is 16.0 Å². The monoisotopic (exact) mass is 377 g/mol. The Labute approximate surface area is 152 Å². The van der Waals surface area contributed by atoms with Crippen LogP contribution >= 0.6 is 0 Å². The molecule has 27 heavy (non-hydrogen) atoms. The highest BCUT2D eigenvalue weighted by atomic mass is 19.4. The Morgan fingerprint density at radius 3 is 2.37 bits per heavy atom. The lowest BCUT2D eigenvalue weighted by molar-refractivity contribution is -0.274. The van der Waals surface area contributed by atoms with Crippen LogP contribution in [0.25, 0.3) is 17.1 Å². The summed E-state index contributed by atoms with van der Waals surface area (Å²) in [6.07, 6.45) is -2.65. The zero-order valence-electron chi connectivity index (χ0n) is 13.9. The molecule has 3 rings (SSSR count). The molecule has 0 N–H and O–H groups in total. The van der Waals surface area contributed by atoms with Gasteiger partial charge >= 0.3 is 6.36 Å². The first-order valence-corrected chi connectivity index (χ1v) is 7.87. The summed E-state index contributed by atoms with van der Waals surface area (Å²) in [4.78, 5) is 14.4. The lowest BCUT2D eigenvalue weighted by Crippen LogP contribution is -2.17. The number of rotatable bonds is 7. The number of benzene rings is 2. The molecule has 0 unspecified atom stereocenters. The maximum absolute atomic E-state index is 12.2. The normalized spacial score (nSPS) is 11.2. The summed E-state index contributed by atoms with van der Waals surface area (Å²) in [6.45, 7) is 0.719. The predicted octanol–water partition coefficient (Wildman–Crippen LogP) is 3.55. The van der Waals surface area contributed by atoms with Crippen LogP contribution in [0.1, 0.15) is 5.56 Å². The molecule has 0 saturated heterocycles. The zero-order chi connectivity index (χ0) is 19.3. The van der Waals surface area contributed by atoms with Gasteiger partial charge in [0.05, 0.1) is 12.3 Å². The van der Waals surface area contributed by atoms with E-state index in [0.29, 0.717) is 31.0 Å². The van der Waals surface area contributed by atoms with Crippen molar-refractivity contribution < 1.29 is 27.4 Å². The van der Waals surface area contributed by atoms with Crippen LogP contribution in [0.15, 0.2) is 54.9 Å². The molecule has 0 fully saturated rings. The second kappa shape index (κ2) is 7.90. The molecule has 0 aliphatic rings. The molecule has 0 aliphatic carbocycles. The molecular weight excluding hydrogens is 363 g/mol. The summed E-state index contributed by atoms with van der Waals surface area (Å²) in [5.41, 5.74) is 2.33. The van der Waals surface area contributed by atoms with Crippen LogP contribution in [0.4, 0.5) is 13.2 Å². The number of nitrogens with zero attached hydrogens (tertiary/aromatic N) is 3. The minimum Gasteiger partial charge on any atom is -0.468 e. The van der Waals surface area contributed by atoms with Gasteiger partial charge in [0.25, 0.3) is 6.47 Å². The molecule has 2 aromatic carbocycles. The van der Waals surface area contributed by atoms with Crippen molar-refractivity contribution in [2.75, 3.05) is 6.61 Å². The van der Waals surface area contributed by atoms with Crippen LogP contribution in [0.3, 0.4) is 0 Å². The number of carbonyl (C=O) groups is 1. The Bertz CT molecular complexity index is 891. The fourth-order valence-electron chi connectivity index (χ4n) is 2.37. The molecule has 6 nitrogen and oxygen atoms in total. The summed E-state index contributed by atoms with van der Waals surface area (Å²) >= 11 is 0. The third kappa shape index (κ3) is 5.06. The highest BCUT2D eigenvalue weighted by molar-refractivity contribution is 5.55. The number of carbonyl (C=O) groups excluding carboxylic acids is 1. The molecule has 1 aromatic heterocycles. The molecule has 0 aliphatic heterocycles. The van der Waals surface area contributed by atoms with Gasteiger partial charge in [0, 0.05) is 12.0 Å². The van der Waals surface area contributed by atoms with E-state index in [1.807, 2.05) is 24.3 Å². The van der Waals surface area contributed by atoms with Crippen molar-refractivity contribution in [1.82, 2.24) is 14.8 Å². The number of hydrogen-bond acceptors (Lipinski definition) is 5. The first-order chi connectivity index (χ1) is 12.9. The number of aromatic nitrogens is 3. The zero-order valence-corrected chi connectivity index (χ0v) is 13.9. The quantitative estimate of drug-likeness (QED) is 0.465. The lowest BCUT2D eigenvalue weighted by atomic mass is 10.1. The Kier molecular flexibility index (Phi) is 5.39. The Morgan fingerprint density at radius 2 is 1.74 bits per heavy atom. The average Bonchev–Trinajstić information content (AvgIpc) is 3.12. The predicted molar refractivity (Wildman–Crippen MR) is 89.2 cm³/mol. The first-order valence-electron chi connectivity index (χ1n) is 7.87. The van der Waals surface area contributed by atoms with Crippen molar-refractivity contribution >= 4 is 6.47 Å². The molecule has 0 spiro atoms. The topological polar surface area (TPSA) is 66.2 Å². The molecule has 0 atom stereocenters. The van der Waals surface area contributed by atoms with Crippen LogP contribution < -0.4 is 4.74 Å². The van der Waals surface area contributed by atoms with Gasteiger partial charge in [-0.05, 0) is 29.8 Å². The third-order valence-electron chi connectivity index (χ3n) is 3.62. The molecule has 0 amide bonds. The van der Waals surface area contributed by atoms with E-state index in [1.54, 1.807) is 0 Å². The second-order valence-corrected chi connectivity index (χ2v) is 5.47. The molecule has 3 aromatic rings. The highest BCUT2D eigenvalue weighted by Gasteiger charge is 2.30. The van der Waals surface area contributed by atoms with Gasteiger partial charge in [-0.2, -0.15) is 0 Å². The molecular formula is C18H14F3N3O3. The van der Waals surface area contributed by atoms with Gasteiger partial charge < -0.3 is 9.47 Å². The number of hydrogen-bond donors (Lipinski definition) is 0. The Hall–Kier alpha value is -3.36. The van der Waals surface area contributed by atoms with Crippen molar-refractivity contribution in [3.05, 3.63) is 60.4 Å². The minimum absolute atomic E-state index is 0.305. The van der Waals surface area contributed by atoms with E-state index in [4.69, 9.17) is 0 Å². The maximum Gasteiger partial charge on any atom is 0.573 e. The van der Waals surface area contributed by atoms with E-state index in [9.17, 15) is 18.0 Å². The molecule has 0 bridgehead atoms. The lowest BCUT2D eigenvalue weighted by Gasteiger charge is -2.09. The van der Waals surface area contributed by atoms with E-state index in [2.05, 4.69) is 19.6 Å². The third-order valence-corrected chi connectivity index (χ3v) is 3.62.